The minimum atomic E-state index is -0.192. The molecule has 0 saturated carbocycles. The summed E-state index contributed by atoms with van der Waals surface area (Å²) in [5.41, 5.74) is 2.27. The highest BCUT2D eigenvalue weighted by molar-refractivity contribution is 5.95. The lowest BCUT2D eigenvalue weighted by molar-refractivity contribution is 0.0949. The zero-order valence-corrected chi connectivity index (χ0v) is 11.9. The van der Waals surface area contributed by atoms with Crippen molar-refractivity contribution in [2.24, 2.45) is 0 Å². The second-order valence-electron chi connectivity index (χ2n) is 4.54. The molecule has 0 atom stereocenters. The summed E-state index contributed by atoms with van der Waals surface area (Å²) < 4.78 is 5.09. The number of ether oxygens (including phenoxy) is 1. The molecule has 0 aliphatic rings. The van der Waals surface area contributed by atoms with E-state index in [2.05, 4.69) is 10.3 Å². The number of aromatic nitrogens is 1. The second kappa shape index (κ2) is 7.40. The number of methoxy groups -OCH3 is 1. The van der Waals surface area contributed by atoms with Crippen LogP contribution in [0.25, 0.3) is 0 Å². The predicted octanol–water partition coefficient (Wildman–Crippen LogP) is 1.55. The molecule has 0 spiro atoms. The zero-order valence-electron chi connectivity index (χ0n) is 11.9. The Kier molecular flexibility index (Phi) is 5.29. The van der Waals surface area contributed by atoms with Crippen LogP contribution >= 0.6 is 0 Å². The van der Waals surface area contributed by atoms with Crippen LogP contribution in [0.5, 0.6) is 5.75 Å². The molecule has 2 N–H and O–H groups in total. The van der Waals surface area contributed by atoms with Gasteiger partial charge in [0.25, 0.3) is 5.91 Å². The van der Waals surface area contributed by atoms with E-state index >= 15 is 0 Å². The first kappa shape index (κ1) is 15.0. The van der Waals surface area contributed by atoms with Gasteiger partial charge in [-0.15, -0.1) is 0 Å². The minimum absolute atomic E-state index is 0.00275. The predicted molar refractivity (Wildman–Crippen MR) is 79.2 cm³/mol. The van der Waals surface area contributed by atoms with Crippen LogP contribution in [0.1, 0.15) is 21.5 Å². The number of aliphatic hydroxyl groups is 1. The molecule has 110 valence electrons. The average molecular weight is 286 g/mol. The summed E-state index contributed by atoms with van der Waals surface area (Å²) in [5.74, 6) is 0.588. The van der Waals surface area contributed by atoms with Crippen molar-refractivity contribution in [3.63, 3.8) is 0 Å². The topological polar surface area (TPSA) is 71.5 Å². The summed E-state index contributed by atoms with van der Waals surface area (Å²) in [5, 5.41) is 11.9. The molecule has 0 radical (unpaired) electrons. The molecule has 1 heterocycles. The van der Waals surface area contributed by atoms with Crippen molar-refractivity contribution in [2.75, 3.05) is 13.7 Å². The average Bonchev–Trinajstić information content (AvgIpc) is 2.54. The summed E-state index contributed by atoms with van der Waals surface area (Å²) in [6.45, 7) is 0.430. The molecular formula is C16H18N2O3. The maximum Gasteiger partial charge on any atom is 0.253 e. The molecule has 1 amide bonds. The van der Waals surface area contributed by atoms with Crippen LogP contribution in [0.3, 0.4) is 0 Å². The van der Waals surface area contributed by atoms with E-state index in [0.29, 0.717) is 18.5 Å². The highest BCUT2D eigenvalue weighted by Gasteiger charge is 2.10. The number of hydrogen-bond acceptors (Lipinski definition) is 4. The van der Waals surface area contributed by atoms with Crippen LogP contribution in [0.15, 0.2) is 42.7 Å². The number of rotatable bonds is 6. The molecule has 0 aliphatic carbocycles. The number of pyridine rings is 1. The van der Waals surface area contributed by atoms with Gasteiger partial charge in [0.2, 0.25) is 0 Å². The number of hydrogen-bond donors (Lipinski definition) is 2. The molecule has 0 saturated heterocycles. The molecule has 5 nitrogen and oxygen atoms in total. The van der Waals surface area contributed by atoms with Crippen molar-refractivity contribution in [1.82, 2.24) is 10.3 Å². The highest BCUT2D eigenvalue weighted by atomic mass is 16.5. The van der Waals surface area contributed by atoms with Crippen LogP contribution in [0.2, 0.25) is 0 Å². The molecule has 1 aromatic heterocycles. The third-order valence-corrected chi connectivity index (χ3v) is 3.15. The summed E-state index contributed by atoms with van der Waals surface area (Å²) in [6, 6.07) is 9.25. The van der Waals surface area contributed by atoms with Gasteiger partial charge in [-0.25, -0.2) is 0 Å². The van der Waals surface area contributed by atoms with Gasteiger partial charge in [0.05, 0.1) is 12.7 Å². The Morgan fingerprint density at radius 1 is 1.29 bits per heavy atom. The number of aliphatic hydroxyl groups excluding tert-OH is 1. The second-order valence-corrected chi connectivity index (χ2v) is 4.54. The van der Waals surface area contributed by atoms with Crippen molar-refractivity contribution >= 4 is 5.91 Å². The molecule has 2 rings (SSSR count). The van der Waals surface area contributed by atoms with Gasteiger partial charge < -0.3 is 15.2 Å². The number of nitrogens with one attached hydrogen (secondary N) is 1. The number of nitrogens with zero attached hydrogens (tertiary/aromatic N) is 1. The van der Waals surface area contributed by atoms with E-state index in [1.165, 1.54) is 6.20 Å². The summed E-state index contributed by atoms with van der Waals surface area (Å²) >= 11 is 0. The quantitative estimate of drug-likeness (QED) is 0.845. The Bertz CT molecular complexity index is 597. The lowest BCUT2D eigenvalue weighted by atomic mass is 10.1. The smallest absolute Gasteiger partial charge is 0.253 e. The molecule has 21 heavy (non-hydrogen) atoms. The molecule has 2 aromatic rings. The fraction of sp³-hybridized carbons (Fsp3) is 0.250. The number of carbonyl (C=O) groups is 1. The van der Waals surface area contributed by atoms with Gasteiger partial charge in [0.15, 0.2) is 0 Å². The van der Waals surface area contributed by atoms with Crippen molar-refractivity contribution in [3.8, 4) is 5.75 Å². The van der Waals surface area contributed by atoms with Gasteiger partial charge in [-0.2, -0.15) is 0 Å². The van der Waals surface area contributed by atoms with Gasteiger partial charge >= 0.3 is 0 Å². The maximum absolute atomic E-state index is 12.2. The first-order valence-corrected chi connectivity index (χ1v) is 6.69. The highest BCUT2D eigenvalue weighted by Crippen LogP contribution is 2.12. The van der Waals surface area contributed by atoms with Gasteiger partial charge in [0.1, 0.15) is 5.75 Å². The summed E-state index contributed by atoms with van der Waals surface area (Å²) in [7, 11) is 1.61. The van der Waals surface area contributed by atoms with Crippen molar-refractivity contribution in [3.05, 3.63) is 59.4 Å². The van der Waals surface area contributed by atoms with E-state index in [9.17, 15) is 4.79 Å². The lowest BCUT2D eigenvalue weighted by Gasteiger charge is -2.09. The van der Waals surface area contributed by atoms with Crippen LogP contribution in [0, 0.1) is 0 Å². The van der Waals surface area contributed by atoms with E-state index < -0.39 is 0 Å². The Morgan fingerprint density at radius 2 is 2.05 bits per heavy atom. The zero-order chi connectivity index (χ0) is 15.1. The monoisotopic (exact) mass is 286 g/mol. The first-order chi connectivity index (χ1) is 10.2. The standard InChI is InChI=1S/C16H18N2O3/c1-21-14-4-2-12(3-5-14)10-18-16(20)15-11-17-8-6-13(15)7-9-19/h2-6,8,11,19H,7,9-10H2,1H3,(H,18,20). The van der Waals surface area contributed by atoms with Crippen molar-refractivity contribution in [2.45, 2.75) is 13.0 Å². The number of benzene rings is 1. The molecular weight excluding hydrogens is 268 g/mol. The molecule has 0 unspecified atom stereocenters. The Hall–Kier alpha value is -2.40. The fourth-order valence-electron chi connectivity index (χ4n) is 1.99. The normalized spacial score (nSPS) is 10.2. The lowest BCUT2D eigenvalue weighted by Crippen LogP contribution is -2.24. The SMILES string of the molecule is COc1ccc(CNC(=O)c2cnccc2CCO)cc1. The fourth-order valence-corrected chi connectivity index (χ4v) is 1.99. The minimum Gasteiger partial charge on any atom is -0.497 e. The van der Waals surface area contributed by atoms with E-state index in [0.717, 1.165) is 16.9 Å². The third-order valence-electron chi connectivity index (χ3n) is 3.15. The van der Waals surface area contributed by atoms with Crippen LogP contribution < -0.4 is 10.1 Å². The Morgan fingerprint density at radius 3 is 2.71 bits per heavy atom. The Labute approximate surface area is 123 Å². The molecule has 1 aromatic carbocycles. The van der Waals surface area contributed by atoms with Gasteiger partial charge in [-0.3, -0.25) is 9.78 Å². The van der Waals surface area contributed by atoms with Gasteiger partial charge in [-0.1, -0.05) is 12.1 Å². The molecule has 5 heteroatoms. The van der Waals surface area contributed by atoms with Gasteiger partial charge in [0, 0.05) is 25.5 Å². The third kappa shape index (κ3) is 4.03. The van der Waals surface area contributed by atoms with Crippen molar-refractivity contribution in [1.29, 1.82) is 0 Å². The van der Waals surface area contributed by atoms with Crippen LogP contribution in [-0.4, -0.2) is 29.7 Å². The molecule has 0 fully saturated rings. The van der Waals surface area contributed by atoms with Crippen LogP contribution in [0.4, 0.5) is 0 Å². The van der Waals surface area contributed by atoms with E-state index in [1.807, 2.05) is 24.3 Å². The molecule has 0 aliphatic heterocycles. The summed E-state index contributed by atoms with van der Waals surface area (Å²) in [4.78, 5) is 16.1. The number of amides is 1. The van der Waals surface area contributed by atoms with E-state index in [1.54, 1.807) is 19.4 Å². The maximum atomic E-state index is 12.2. The molecule has 0 bridgehead atoms. The largest absolute Gasteiger partial charge is 0.497 e. The number of carbonyl (C=O) groups excluding carboxylic acids is 1. The van der Waals surface area contributed by atoms with Crippen LogP contribution in [-0.2, 0) is 13.0 Å². The summed E-state index contributed by atoms with van der Waals surface area (Å²) in [6.07, 6.45) is 3.58. The first-order valence-electron chi connectivity index (χ1n) is 6.69. The van der Waals surface area contributed by atoms with Crippen molar-refractivity contribution < 1.29 is 14.6 Å². The van der Waals surface area contributed by atoms with E-state index in [-0.39, 0.29) is 12.5 Å². The van der Waals surface area contributed by atoms with E-state index in [4.69, 9.17) is 9.84 Å². The van der Waals surface area contributed by atoms with Gasteiger partial charge in [-0.05, 0) is 35.7 Å². The Balaban J connectivity index is 2.01.